The lowest BCUT2D eigenvalue weighted by atomic mass is 10.1. The number of hydrogen-bond donors (Lipinski definition) is 0. The Morgan fingerprint density at radius 3 is 2.67 bits per heavy atom. The molecule has 1 aliphatic heterocycles. The maximum atomic E-state index is 14.1. The van der Waals surface area contributed by atoms with Crippen molar-refractivity contribution in [2.24, 2.45) is 0 Å². The van der Waals surface area contributed by atoms with Gasteiger partial charge in [0, 0.05) is 5.56 Å². The van der Waals surface area contributed by atoms with E-state index in [0.29, 0.717) is 17.0 Å². The number of hydrogen-bond acceptors (Lipinski definition) is 4. The van der Waals surface area contributed by atoms with E-state index >= 15 is 0 Å². The van der Waals surface area contributed by atoms with Crippen LogP contribution in [0.3, 0.4) is 0 Å². The van der Waals surface area contributed by atoms with E-state index in [2.05, 4.69) is 5.16 Å². The summed E-state index contributed by atoms with van der Waals surface area (Å²) in [5.41, 5.74) is 1.05. The number of fused-ring (bicyclic) bond motifs is 1. The Morgan fingerprint density at radius 2 is 2.05 bits per heavy atom. The summed E-state index contributed by atoms with van der Waals surface area (Å²) in [6.07, 6.45) is 0. The van der Waals surface area contributed by atoms with Gasteiger partial charge in [0.25, 0.3) is 11.7 Å². The molecule has 1 aromatic heterocycles. The van der Waals surface area contributed by atoms with Crippen molar-refractivity contribution in [3.05, 3.63) is 45.6 Å². The summed E-state index contributed by atoms with van der Waals surface area (Å²) in [5.74, 6) is -1.76. The van der Waals surface area contributed by atoms with Crippen LogP contribution >= 0.6 is 11.6 Å². The lowest BCUT2D eigenvalue weighted by Gasteiger charge is -2.16. The molecule has 1 amide bonds. The number of carbonyl (C=O) groups is 2. The molecular weight excluding hydrogens is 299 g/mol. The molecule has 0 unspecified atom stereocenters. The second kappa shape index (κ2) is 4.66. The summed E-state index contributed by atoms with van der Waals surface area (Å²) in [4.78, 5) is 25.2. The average molecular weight is 309 g/mol. The van der Waals surface area contributed by atoms with Crippen molar-refractivity contribution >= 4 is 29.0 Å². The van der Waals surface area contributed by atoms with E-state index in [4.69, 9.17) is 16.1 Å². The van der Waals surface area contributed by atoms with Gasteiger partial charge in [-0.05, 0) is 26.0 Å². The minimum Gasteiger partial charge on any atom is -0.361 e. The molecule has 0 saturated heterocycles. The van der Waals surface area contributed by atoms with Crippen molar-refractivity contribution in [3.63, 3.8) is 0 Å². The molecular formula is C14H10ClFN2O3. The van der Waals surface area contributed by atoms with Crippen LogP contribution in [0.2, 0.25) is 5.02 Å². The molecule has 108 valence electrons. The normalized spacial score (nSPS) is 14.0. The monoisotopic (exact) mass is 308 g/mol. The van der Waals surface area contributed by atoms with Crippen molar-refractivity contribution in [2.75, 3.05) is 4.90 Å². The number of aryl methyl sites for hydroxylation is 2. The van der Waals surface area contributed by atoms with Crippen molar-refractivity contribution in [3.8, 4) is 0 Å². The number of amides is 1. The zero-order valence-corrected chi connectivity index (χ0v) is 12.0. The maximum Gasteiger partial charge on any atom is 0.299 e. The van der Waals surface area contributed by atoms with E-state index in [1.54, 1.807) is 13.8 Å². The third kappa shape index (κ3) is 1.94. The van der Waals surface area contributed by atoms with Crippen LogP contribution in [0.1, 0.15) is 27.4 Å². The first-order valence-corrected chi connectivity index (χ1v) is 6.55. The van der Waals surface area contributed by atoms with Crippen molar-refractivity contribution in [2.45, 2.75) is 20.4 Å². The largest absolute Gasteiger partial charge is 0.361 e. The lowest BCUT2D eigenvalue weighted by molar-refractivity contribution is -0.114. The second-order valence-electron chi connectivity index (χ2n) is 4.78. The predicted octanol–water partition coefficient (Wildman–Crippen LogP) is 2.81. The van der Waals surface area contributed by atoms with E-state index in [1.807, 2.05) is 0 Å². The van der Waals surface area contributed by atoms with Gasteiger partial charge >= 0.3 is 0 Å². The molecule has 0 fully saturated rings. The fraction of sp³-hybridized carbons (Fsp3) is 0.214. The van der Waals surface area contributed by atoms with Gasteiger partial charge in [-0.1, -0.05) is 16.8 Å². The Labute approximate surface area is 124 Å². The Morgan fingerprint density at radius 1 is 1.33 bits per heavy atom. The molecule has 0 radical (unpaired) electrons. The van der Waals surface area contributed by atoms with E-state index in [9.17, 15) is 14.0 Å². The molecule has 2 aromatic rings. The lowest BCUT2D eigenvalue weighted by Crippen LogP contribution is -2.30. The third-order valence-corrected chi connectivity index (χ3v) is 3.83. The van der Waals surface area contributed by atoms with Gasteiger partial charge in [0.15, 0.2) is 0 Å². The number of rotatable bonds is 2. The Balaban J connectivity index is 2.12. The molecule has 7 heteroatoms. The molecule has 0 aliphatic carbocycles. The Bertz CT molecular complexity index is 765. The van der Waals surface area contributed by atoms with Crippen LogP contribution in [0.25, 0.3) is 0 Å². The molecule has 2 heterocycles. The highest BCUT2D eigenvalue weighted by Crippen LogP contribution is 2.37. The first-order chi connectivity index (χ1) is 9.91. The molecule has 0 saturated carbocycles. The van der Waals surface area contributed by atoms with Gasteiger partial charge in [-0.2, -0.15) is 0 Å². The smallest absolute Gasteiger partial charge is 0.299 e. The summed E-state index contributed by atoms with van der Waals surface area (Å²) in [6, 6.07) is 2.40. The second-order valence-corrected chi connectivity index (χ2v) is 5.18. The van der Waals surface area contributed by atoms with Gasteiger partial charge < -0.3 is 4.52 Å². The van der Waals surface area contributed by atoms with E-state index in [-0.39, 0.29) is 22.8 Å². The summed E-state index contributed by atoms with van der Waals surface area (Å²) in [5, 5.41) is 3.84. The van der Waals surface area contributed by atoms with Crippen molar-refractivity contribution in [1.82, 2.24) is 5.16 Å². The van der Waals surface area contributed by atoms with Crippen molar-refractivity contribution in [1.29, 1.82) is 0 Å². The fourth-order valence-electron chi connectivity index (χ4n) is 2.39. The van der Waals surface area contributed by atoms with Gasteiger partial charge in [-0.25, -0.2) is 4.39 Å². The van der Waals surface area contributed by atoms with Gasteiger partial charge in [-0.15, -0.1) is 0 Å². The van der Waals surface area contributed by atoms with Crippen LogP contribution in [-0.2, 0) is 11.3 Å². The number of benzene rings is 1. The standard InChI is InChI=1S/C14H10ClFN2O3/c1-6-8(7(2)21-17-6)5-18-12-10(16)4-3-9(15)11(12)13(19)14(18)20/h3-4H,5H2,1-2H3. The molecule has 0 atom stereocenters. The highest BCUT2D eigenvalue weighted by molar-refractivity contribution is 6.55. The predicted molar refractivity (Wildman–Crippen MR) is 72.9 cm³/mol. The number of ketones is 1. The molecule has 0 bridgehead atoms. The van der Waals surface area contributed by atoms with Crippen LogP contribution in [0.15, 0.2) is 16.7 Å². The van der Waals surface area contributed by atoms with Crippen molar-refractivity contribution < 1.29 is 18.5 Å². The quantitative estimate of drug-likeness (QED) is 0.800. The Kier molecular flexibility index (Phi) is 3.06. The summed E-state index contributed by atoms with van der Waals surface area (Å²) in [6.45, 7) is 3.41. The maximum absolute atomic E-state index is 14.1. The van der Waals surface area contributed by atoms with Gasteiger partial charge in [0.05, 0.1) is 28.5 Å². The molecule has 5 nitrogen and oxygen atoms in total. The molecule has 1 aromatic carbocycles. The number of anilines is 1. The number of aromatic nitrogens is 1. The fourth-order valence-corrected chi connectivity index (χ4v) is 2.63. The van der Waals surface area contributed by atoms with Crippen LogP contribution < -0.4 is 4.90 Å². The first kappa shape index (κ1) is 13.8. The summed E-state index contributed by atoms with van der Waals surface area (Å²) in [7, 11) is 0. The van der Waals surface area contributed by atoms with E-state index in [0.717, 1.165) is 11.0 Å². The molecule has 0 N–H and O–H groups in total. The van der Waals surface area contributed by atoms with E-state index in [1.165, 1.54) is 6.07 Å². The van der Waals surface area contributed by atoms with Crippen LogP contribution in [0, 0.1) is 19.7 Å². The topological polar surface area (TPSA) is 63.4 Å². The zero-order valence-electron chi connectivity index (χ0n) is 11.2. The van der Waals surface area contributed by atoms with E-state index < -0.39 is 17.5 Å². The first-order valence-electron chi connectivity index (χ1n) is 6.17. The SMILES string of the molecule is Cc1noc(C)c1CN1C(=O)C(=O)c2c(Cl)ccc(F)c21. The number of nitrogens with zero attached hydrogens (tertiary/aromatic N) is 2. The molecule has 1 aliphatic rings. The number of halogens is 2. The van der Waals surface area contributed by atoms with Gasteiger partial charge in [0.1, 0.15) is 11.6 Å². The highest BCUT2D eigenvalue weighted by Gasteiger charge is 2.40. The Hall–Kier alpha value is -2.21. The minimum atomic E-state index is -0.808. The zero-order chi connectivity index (χ0) is 15.3. The van der Waals surface area contributed by atoms with Gasteiger partial charge in [-0.3, -0.25) is 14.5 Å². The van der Waals surface area contributed by atoms with Crippen LogP contribution in [0.5, 0.6) is 0 Å². The average Bonchev–Trinajstić information content (AvgIpc) is 2.89. The number of carbonyl (C=O) groups excluding carboxylic acids is 2. The minimum absolute atomic E-state index is 0.00992. The van der Waals surface area contributed by atoms with Crippen LogP contribution in [-0.4, -0.2) is 16.8 Å². The summed E-state index contributed by atoms with van der Waals surface area (Å²) < 4.78 is 19.1. The summed E-state index contributed by atoms with van der Waals surface area (Å²) >= 11 is 5.91. The molecule has 3 rings (SSSR count). The molecule has 0 spiro atoms. The molecule has 21 heavy (non-hydrogen) atoms. The van der Waals surface area contributed by atoms with Gasteiger partial charge in [0.2, 0.25) is 0 Å². The highest BCUT2D eigenvalue weighted by atomic mass is 35.5. The van der Waals surface area contributed by atoms with Crippen LogP contribution in [0.4, 0.5) is 10.1 Å². The third-order valence-electron chi connectivity index (χ3n) is 3.51. The number of Topliss-reactive ketones (excluding diaryl/α,β-unsaturated/α-hetero) is 1.